The molecule has 0 amide bonds. The minimum absolute atomic E-state index is 0.0152. The lowest BCUT2D eigenvalue weighted by molar-refractivity contribution is 0.600. The van der Waals surface area contributed by atoms with Crippen molar-refractivity contribution in [2.24, 2.45) is 5.73 Å². The maximum atomic E-state index is 6.10. The Morgan fingerprint density at radius 2 is 1.90 bits per heavy atom. The Labute approximate surface area is 129 Å². The summed E-state index contributed by atoms with van der Waals surface area (Å²) in [5.41, 5.74) is 8.16. The summed E-state index contributed by atoms with van der Waals surface area (Å²) in [5, 5.41) is 0.715. The number of nitrogens with zero attached hydrogens (tertiary/aromatic N) is 2. The van der Waals surface area contributed by atoms with Crippen molar-refractivity contribution in [3.63, 3.8) is 0 Å². The van der Waals surface area contributed by atoms with Gasteiger partial charge in [-0.05, 0) is 17.7 Å². The standard InChI is InChI=1S/C17H16ClN3/c18-15-8-4-7-14(11-15)16(12-19)21-10-9-20-17(21)13-5-2-1-3-6-13/h1-11,16H,12,19H2. The molecule has 1 unspecified atom stereocenters. The van der Waals surface area contributed by atoms with Crippen LogP contribution in [0.5, 0.6) is 0 Å². The lowest BCUT2D eigenvalue weighted by Gasteiger charge is -2.20. The van der Waals surface area contributed by atoms with Gasteiger partial charge in [0, 0.05) is 29.5 Å². The molecule has 2 aromatic carbocycles. The SMILES string of the molecule is NCC(c1cccc(Cl)c1)n1ccnc1-c1ccccc1. The van der Waals surface area contributed by atoms with E-state index in [9.17, 15) is 0 Å². The van der Waals surface area contributed by atoms with Crippen molar-refractivity contribution in [2.45, 2.75) is 6.04 Å². The van der Waals surface area contributed by atoms with Crippen molar-refractivity contribution >= 4 is 11.6 Å². The number of rotatable bonds is 4. The molecule has 0 saturated heterocycles. The monoisotopic (exact) mass is 297 g/mol. The van der Waals surface area contributed by atoms with Gasteiger partial charge in [-0.2, -0.15) is 0 Å². The highest BCUT2D eigenvalue weighted by molar-refractivity contribution is 6.30. The van der Waals surface area contributed by atoms with E-state index in [1.807, 2.05) is 60.8 Å². The van der Waals surface area contributed by atoms with Gasteiger partial charge in [-0.1, -0.05) is 54.1 Å². The largest absolute Gasteiger partial charge is 0.328 e. The van der Waals surface area contributed by atoms with Crippen LogP contribution in [0.25, 0.3) is 11.4 Å². The van der Waals surface area contributed by atoms with Gasteiger partial charge in [0.25, 0.3) is 0 Å². The van der Waals surface area contributed by atoms with Crippen molar-refractivity contribution < 1.29 is 0 Å². The number of aromatic nitrogens is 2. The fourth-order valence-corrected chi connectivity index (χ4v) is 2.70. The van der Waals surface area contributed by atoms with Crippen LogP contribution in [0.4, 0.5) is 0 Å². The second-order valence-corrected chi connectivity index (χ2v) is 5.27. The summed E-state index contributed by atoms with van der Waals surface area (Å²) >= 11 is 6.10. The Hall–Kier alpha value is -2.10. The number of benzene rings is 2. The van der Waals surface area contributed by atoms with Gasteiger partial charge in [-0.3, -0.25) is 0 Å². The van der Waals surface area contributed by atoms with Crippen LogP contribution in [0.2, 0.25) is 5.02 Å². The number of halogens is 1. The summed E-state index contributed by atoms with van der Waals surface area (Å²) in [6.45, 7) is 0.483. The van der Waals surface area contributed by atoms with Crippen molar-refractivity contribution in [1.82, 2.24) is 9.55 Å². The molecule has 0 fully saturated rings. The Morgan fingerprint density at radius 3 is 2.62 bits per heavy atom. The molecule has 3 aromatic rings. The molecule has 0 spiro atoms. The van der Waals surface area contributed by atoms with Gasteiger partial charge in [0.2, 0.25) is 0 Å². The van der Waals surface area contributed by atoms with Crippen LogP contribution in [0, 0.1) is 0 Å². The van der Waals surface area contributed by atoms with E-state index in [4.69, 9.17) is 17.3 Å². The maximum Gasteiger partial charge on any atom is 0.140 e. The number of hydrogen-bond acceptors (Lipinski definition) is 2. The molecule has 106 valence electrons. The third-order valence-corrected chi connectivity index (χ3v) is 3.73. The van der Waals surface area contributed by atoms with E-state index in [0.29, 0.717) is 11.6 Å². The number of hydrogen-bond donors (Lipinski definition) is 1. The first-order chi connectivity index (χ1) is 10.3. The van der Waals surface area contributed by atoms with Gasteiger partial charge in [0.05, 0.1) is 6.04 Å². The number of imidazole rings is 1. The quantitative estimate of drug-likeness (QED) is 0.797. The lowest BCUT2D eigenvalue weighted by Crippen LogP contribution is -2.20. The Morgan fingerprint density at radius 1 is 1.10 bits per heavy atom. The zero-order valence-corrected chi connectivity index (χ0v) is 12.2. The van der Waals surface area contributed by atoms with Gasteiger partial charge < -0.3 is 10.3 Å². The Bertz CT molecular complexity index is 722. The first-order valence-electron chi connectivity index (χ1n) is 6.83. The molecule has 2 N–H and O–H groups in total. The van der Waals surface area contributed by atoms with Crippen LogP contribution in [0.1, 0.15) is 11.6 Å². The van der Waals surface area contributed by atoms with Gasteiger partial charge in [-0.25, -0.2) is 4.98 Å². The van der Waals surface area contributed by atoms with Gasteiger partial charge in [0.1, 0.15) is 5.82 Å². The first-order valence-corrected chi connectivity index (χ1v) is 7.21. The molecular weight excluding hydrogens is 282 g/mol. The van der Waals surface area contributed by atoms with E-state index < -0.39 is 0 Å². The van der Waals surface area contributed by atoms with Crippen molar-refractivity contribution in [3.05, 3.63) is 77.6 Å². The summed E-state index contributed by atoms with van der Waals surface area (Å²) in [6.07, 6.45) is 3.76. The average Bonchev–Trinajstić information content (AvgIpc) is 2.98. The molecular formula is C17H16ClN3. The minimum Gasteiger partial charge on any atom is -0.328 e. The highest BCUT2D eigenvalue weighted by Crippen LogP contribution is 2.26. The van der Waals surface area contributed by atoms with Crippen molar-refractivity contribution in [3.8, 4) is 11.4 Å². The molecule has 1 atom stereocenters. The van der Waals surface area contributed by atoms with Crippen LogP contribution in [-0.2, 0) is 0 Å². The van der Waals surface area contributed by atoms with E-state index in [-0.39, 0.29) is 6.04 Å². The second-order valence-electron chi connectivity index (χ2n) is 4.83. The van der Waals surface area contributed by atoms with Crippen LogP contribution in [-0.4, -0.2) is 16.1 Å². The third-order valence-electron chi connectivity index (χ3n) is 3.49. The van der Waals surface area contributed by atoms with Crippen molar-refractivity contribution in [2.75, 3.05) is 6.54 Å². The summed E-state index contributed by atoms with van der Waals surface area (Å²) in [6, 6.07) is 17.9. The van der Waals surface area contributed by atoms with Gasteiger partial charge in [0.15, 0.2) is 0 Å². The molecule has 0 radical (unpaired) electrons. The topological polar surface area (TPSA) is 43.8 Å². The molecule has 4 heteroatoms. The van der Waals surface area contributed by atoms with E-state index in [2.05, 4.69) is 9.55 Å². The first kappa shape index (κ1) is 13.9. The van der Waals surface area contributed by atoms with E-state index in [1.165, 1.54) is 0 Å². The molecule has 1 aromatic heterocycles. The Kier molecular flexibility index (Phi) is 4.04. The highest BCUT2D eigenvalue weighted by atomic mass is 35.5. The highest BCUT2D eigenvalue weighted by Gasteiger charge is 2.16. The molecule has 0 aliphatic heterocycles. The molecule has 0 aliphatic rings. The smallest absolute Gasteiger partial charge is 0.140 e. The molecule has 0 bridgehead atoms. The molecule has 3 rings (SSSR count). The molecule has 21 heavy (non-hydrogen) atoms. The van der Waals surface area contributed by atoms with E-state index in [1.54, 1.807) is 6.20 Å². The molecule has 0 saturated carbocycles. The van der Waals surface area contributed by atoms with Crippen LogP contribution < -0.4 is 5.73 Å². The van der Waals surface area contributed by atoms with E-state index in [0.717, 1.165) is 17.0 Å². The van der Waals surface area contributed by atoms with Crippen LogP contribution >= 0.6 is 11.6 Å². The predicted octanol–water partition coefficient (Wildman–Crippen LogP) is 3.75. The summed E-state index contributed by atoms with van der Waals surface area (Å²) in [5.74, 6) is 0.908. The Balaban J connectivity index is 2.05. The normalized spacial score (nSPS) is 12.3. The van der Waals surface area contributed by atoms with Crippen LogP contribution in [0.3, 0.4) is 0 Å². The zero-order valence-electron chi connectivity index (χ0n) is 11.5. The van der Waals surface area contributed by atoms with Gasteiger partial charge >= 0.3 is 0 Å². The molecule has 0 aliphatic carbocycles. The fourth-order valence-electron chi connectivity index (χ4n) is 2.50. The van der Waals surface area contributed by atoms with Crippen molar-refractivity contribution in [1.29, 1.82) is 0 Å². The molecule has 3 nitrogen and oxygen atoms in total. The molecule has 1 heterocycles. The maximum absolute atomic E-state index is 6.10. The number of nitrogens with two attached hydrogens (primary N) is 1. The predicted molar refractivity (Wildman–Crippen MR) is 86.3 cm³/mol. The minimum atomic E-state index is 0.0152. The summed E-state index contributed by atoms with van der Waals surface area (Å²) in [4.78, 5) is 4.48. The van der Waals surface area contributed by atoms with E-state index >= 15 is 0 Å². The lowest BCUT2D eigenvalue weighted by atomic mass is 10.1. The second kappa shape index (κ2) is 6.12. The fraction of sp³-hybridized carbons (Fsp3) is 0.118. The zero-order chi connectivity index (χ0) is 14.7. The summed E-state index contributed by atoms with van der Waals surface area (Å²) < 4.78 is 2.10. The average molecular weight is 298 g/mol. The van der Waals surface area contributed by atoms with Crippen LogP contribution in [0.15, 0.2) is 67.0 Å². The third kappa shape index (κ3) is 2.84. The summed E-state index contributed by atoms with van der Waals surface area (Å²) in [7, 11) is 0. The van der Waals surface area contributed by atoms with Gasteiger partial charge in [-0.15, -0.1) is 0 Å².